The van der Waals surface area contributed by atoms with Crippen LogP contribution in [0.15, 0.2) is 43.1 Å². The molecule has 4 rings (SSSR count). The first-order chi connectivity index (χ1) is 13.9. The van der Waals surface area contributed by atoms with Gasteiger partial charge in [-0.25, -0.2) is 19.9 Å². The van der Waals surface area contributed by atoms with Crippen molar-refractivity contribution in [2.24, 2.45) is 0 Å². The summed E-state index contributed by atoms with van der Waals surface area (Å²) < 4.78 is 55.7. The van der Waals surface area contributed by atoms with Gasteiger partial charge in [-0.1, -0.05) is 19.4 Å². The molecular formula is C19H16F4N6. The molecule has 0 unspecified atom stereocenters. The van der Waals surface area contributed by atoms with Crippen LogP contribution in [0.3, 0.4) is 0 Å². The van der Waals surface area contributed by atoms with E-state index in [1.165, 1.54) is 22.9 Å². The summed E-state index contributed by atoms with van der Waals surface area (Å²) in [6, 6.07) is 4.41. The Morgan fingerprint density at radius 3 is 2.66 bits per heavy atom. The van der Waals surface area contributed by atoms with Crippen LogP contribution in [0.2, 0.25) is 0 Å². The normalized spacial score (nSPS) is 12.0. The highest BCUT2D eigenvalue weighted by atomic mass is 19.4. The molecule has 4 heterocycles. The average molecular weight is 404 g/mol. The molecule has 0 aliphatic carbocycles. The fourth-order valence-corrected chi connectivity index (χ4v) is 3.19. The van der Waals surface area contributed by atoms with E-state index in [0.717, 1.165) is 6.20 Å². The van der Waals surface area contributed by atoms with E-state index in [-0.39, 0.29) is 12.2 Å². The first-order valence-electron chi connectivity index (χ1n) is 8.93. The van der Waals surface area contributed by atoms with Crippen molar-refractivity contribution in [3.8, 4) is 11.5 Å². The van der Waals surface area contributed by atoms with Crippen molar-refractivity contribution < 1.29 is 17.6 Å². The van der Waals surface area contributed by atoms with Crippen molar-refractivity contribution >= 4 is 5.65 Å². The number of pyridine rings is 1. The zero-order valence-electron chi connectivity index (χ0n) is 15.4. The summed E-state index contributed by atoms with van der Waals surface area (Å²) in [6.07, 6.45) is 2.20. The Morgan fingerprint density at radius 1 is 1.10 bits per heavy atom. The van der Waals surface area contributed by atoms with Crippen LogP contribution in [0, 0.1) is 5.95 Å². The lowest BCUT2D eigenvalue weighted by Gasteiger charge is -2.12. The Hall–Kier alpha value is -3.30. The molecule has 150 valence electrons. The predicted octanol–water partition coefficient (Wildman–Crippen LogP) is 4.15. The average Bonchev–Trinajstić information content (AvgIpc) is 3.30. The number of alkyl halides is 3. The Bertz CT molecular complexity index is 1160. The quantitative estimate of drug-likeness (QED) is 0.370. The van der Waals surface area contributed by atoms with E-state index in [4.69, 9.17) is 0 Å². The monoisotopic (exact) mass is 404 g/mol. The van der Waals surface area contributed by atoms with Gasteiger partial charge in [-0.05, 0) is 18.6 Å². The summed E-state index contributed by atoms with van der Waals surface area (Å²) in [5.41, 5.74) is 0.843. The molecule has 0 aromatic carbocycles. The van der Waals surface area contributed by atoms with E-state index in [2.05, 4.69) is 19.9 Å². The number of halogens is 4. The van der Waals surface area contributed by atoms with E-state index < -0.39 is 17.8 Å². The number of imidazole rings is 2. The third-order valence-corrected chi connectivity index (χ3v) is 4.46. The molecule has 0 amide bonds. The highest BCUT2D eigenvalue weighted by molar-refractivity contribution is 5.53. The molecule has 0 fully saturated rings. The van der Waals surface area contributed by atoms with Gasteiger partial charge in [0, 0.05) is 24.2 Å². The van der Waals surface area contributed by atoms with Gasteiger partial charge in [0.05, 0.1) is 12.2 Å². The van der Waals surface area contributed by atoms with Crippen molar-refractivity contribution in [1.82, 2.24) is 28.9 Å². The summed E-state index contributed by atoms with van der Waals surface area (Å²) in [5.74, 6) is -0.187. The van der Waals surface area contributed by atoms with Crippen molar-refractivity contribution in [2.45, 2.75) is 32.5 Å². The van der Waals surface area contributed by atoms with Gasteiger partial charge in [0.15, 0.2) is 11.5 Å². The number of nitrogens with zero attached hydrogens (tertiary/aromatic N) is 6. The molecule has 29 heavy (non-hydrogen) atoms. The van der Waals surface area contributed by atoms with Crippen molar-refractivity contribution in [1.29, 1.82) is 0 Å². The topological polar surface area (TPSA) is 60.9 Å². The molecule has 0 saturated heterocycles. The van der Waals surface area contributed by atoms with Crippen LogP contribution in [0.4, 0.5) is 17.6 Å². The highest BCUT2D eigenvalue weighted by Crippen LogP contribution is 2.30. The van der Waals surface area contributed by atoms with Gasteiger partial charge in [0.1, 0.15) is 17.7 Å². The predicted molar refractivity (Wildman–Crippen MR) is 96.5 cm³/mol. The maximum Gasteiger partial charge on any atom is 0.434 e. The van der Waals surface area contributed by atoms with Gasteiger partial charge in [0.2, 0.25) is 5.95 Å². The molecule has 6 nitrogen and oxygen atoms in total. The summed E-state index contributed by atoms with van der Waals surface area (Å²) in [6.45, 7) is 2.17. The van der Waals surface area contributed by atoms with E-state index in [1.54, 1.807) is 23.0 Å². The minimum Gasteiger partial charge on any atom is -0.324 e. The molecule has 0 saturated carbocycles. The summed E-state index contributed by atoms with van der Waals surface area (Å²) >= 11 is 0. The van der Waals surface area contributed by atoms with Gasteiger partial charge in [0.25, 0.3) is 0 Å². The first kappa shape index (κ1) is 19.0. The Labute approximate surface area is 162 Å². The van der Waals surface area contributed by atoms with Gasteiger partial charge in [-0.3, -0.25) is 4.40 Å². The van der Waals surface area contributed by atoms with Gasteiger partial charge >= 0.3 is 6.18 Å². The zero-order valence-corrected chi connectivity index (χ0v) is 15.4. The van der Waals surface area contributed by atoms with Crippen molar-refractivity contribution in [2.75, 3.05) is 0 Å². The van der Waals surface area contributed by atoms with Gasteiger partial charge < -0.3 is 4.57 Å². The number of aromatic nitrogens is 6. The second kappa shape index (κ2) is 7.26. The number of fused-ring (bicyclic) bond motifs is 1. The van der Waals surface area contributed by atoms with Crippen molar-refractivity contribution in [3.63, 3.8) is 0 Å². The number of aryl methyl sites for hydroxylation is 1. The van der Waals surface area contributed by atoms with E-state index in [0.29, 0.717) is 35.6 Å². The van der Waals surface area contributed by atoms with Crippen LogP contribution in [-0.4, -0.2) is 28.9 Å². The maximum atomic E-state index is 13.5. The molecule has 0 spiro atoms. The molecule has 0 bridgehead atoms. The van der Waals surface area contributed by atoms with Crippen molar-refractivity contribution in [3.05, 3.63) is 66.0 Å². The van der Waals surface area contributed by atoms with E-state index in [9.17, 15) is 17.6 Å². The third kappa shape index (κ3) is 3.69. The number of hydrogen-bond donors (Lipinski definition) is 0. The van der Waals surface area contributed by atoms with E-state index in [1.807, 2.05) is 6.92 Å². The van der Waals surface area contributed by atoms with Crippen LogP contribution >= 0.6 is 0 Å². The number of hydrogen-bond acceptors (Lipinski definition) is 4. The highest BCUT2D eigenvalue weighted by Gasteiger charge is 2.34. The molecular weight excluding hydrogens is 388 g/mol. The minimum absolute atomic E-state index is 0.231. The largest absolute Gasteiger partial charge is 0.434 e. The minimum atomic E-state index is -4.53. The van der Waals surface area contributed by atoms with Gasteiger partial charge in [-0.15, -0.1) is 0 Å². The van der Waals surface area contributed by atoms with Crippen LogP contribution < -0.4 is 0 Å². The van der Waals surface area contributed by atoms with Crippen LogP contribution in [0.1, 0.15) is 30.3 Å². The summed E-state index contributed by atoms with van der Waals surface area (Å²) in [7, 11) is 0. The fraction of sp³-hybridized carbons (Fsp3) is 0.263. The Balaban J connectivity index is 1.77. The Kier molecular flexibility index (Phi) is 4.77. The molecule has 10 heteroatoms. The third-order valence-electron chi connectivity index (χ3n) is 4.46. The van der Waals surface area contributed by atoms with E-state index >= 15 is 0 Å². The molecule has 0 radical (unpaired) electrons. The molecule has 0 atom stereocenters. The molecule has 0 aliphatic rings. The molecule has 0 N–H and O–H groups in total. The molecule has 0 aliphatic heterocycles. The maximum absolute atomic E-state index is 13.5. The van der Waals surface area contributed by atoms with Crippen LogP contribution in [0.25, 0.3) is 17.2 Å². The first-order valence-corrected chi connectivity index (χ1v) is 8.93. The standard InChI is InChI=1S/C19H16F4N6/c1-2-4-12-14(25-11-29-10-15(19(21,22)23)27-17(12)29)9-28-8-7-24-18(28)13-5-3-6-16(20)26-13/h3,5-8,10-11H,2,4,9H2,1H3. The van der Waals surface area contributed by atoms with Gasteiger partial charge in [-0.2, -0.15) is 17.6 Å². The molecule has 4 aromatic rings. The number of rotatable bonds is 5. The zero-order chi connectivity index (χ0) is 20.6. The lowest BCUT2D eigenvalue weighted by molar-refractivity contribution is -0.140. The summed E-state index contributed by atoms with van der Waals surface area (Å²) in [4.78, 5) is 16.2. The second-order valence-electron chi connectivity index (χ2n) is 6.50. The Morgan fingerprint density at radius 2 is 1.93 bits per heavy atom. The summed E-state index contributed by atoms with van der Waals surface area (Å²) in [5, 5.41) is 0. The second-order valence-corrected chi connectivity index (χ2v) is 6.50. The van der Waals surface area contributed by atoms with Crippen LogP contribution in [-0.2, 0) is 19.1 Å². The molecule has 4 aromatic heterocycles. The SMILES string of the molecule is CCCc1c(Cn2ccnc2-c2cccc(F)n2)ncn2cc(C(F)(F)F)nc12. The smallest absolute Gasteiger partial charge is 0.324 e. The lowest BCUT2D eigenvalue weighted by atomic mass is 10.1. The lowest BCUT2D eigenvalue weighted by Crippen LogP contribution is -2.09. The fourth-order valence-electron chi connectivity index (χ4n) is 3.19. The van der Waals surface area contributed by atoms with Crippen LogP contribution in [0.5, 0.6) is 0 Å².